The third-order valence-corrected chi connectivity index (χ3v) is 3.54. The molecule has 2 rings (SSSR count). The molecule has 0 unspecified atom stereocenters. The summed E-state index contributed by atoms with van der Waals surface area (Å²) in [7, 11) is 0. The zero-order valence-corrected chi connectivity index (χ0v) is 13.3. The Labute approximate surface area is 138 Å². The highest BCUT2D eigenvalue weighted by Crippen LogP contribution is 2.21. The molecule has 0 aromatic heterocycles. The third kappa shape index (κ3) is 4.53. The van der Waals surface area contributed by atoms with Crippen LogP contribution in [0.15, 0.2) is 42.5 Å². The first-order valence-corrected chi connectivity index (χ1v) is 7.44. The number of benzene rings is 2. The molecule has 0 bridgehead atoms. The summed E-state index contributed by atoms with van der Waals surface area (Å²) in [5.74, 6) is -1.33. The van der Waals surface area contributed by atoms with Crippen LogP contribution in [0.2, 0.25) is 5.02 Å². The van der Waals surface area contributed by atoms with Crippen LogP contribution in [0.1, 0.15) is 22.3 Å². The summed E-state index contributed by atoms with van der Waals surface area (Å²) in [6.07, 6.45) is 0.0313. The summed E-state index contributed by atoms with van der Waals surface area (Å²) in [6, 6.07) is 11.5. The molecule has 4 nitrogen and oxygen atoms in total. The predicted octanol–water partition coefficient (Wildman–Crippen LogP) is 3.55. The molecule has 6 heteroatoms. The summed E-state index contributed by atoms with van der Waals surface area (Å²) in [4.78, 5) is 23.8. The number of hydrogen-bond donors (Lipinski definition) is 2. The zero-order valence-electron chi connectivity index (χ0n) is 12.5. The quantitative estimate of drug-likeness (QED) is 0.878. The highest BCUT2D eigenvalue weighted by atomic mass is 35.5. The highest BCUT2D eigenvalue weighted by molar-refractivity contribution is 6.31. The number of amides is 2. The smallest absolute Gasteiger partial charge is 0.251 e. The van der Waals surface area contributed by atoms with Gasteiger partial charge in [0.2, 0.25) is 5.91 Å². The van der Waals surface area contributed by atoms with Gasteiger partial charge in [0.15, 0.2) is 5.82 Å². The lowest BCUT2D eigenvalue weighted by atomic mass is 10.1. The Morgan fingerprint density at radius 1 is 1.13 bits per heavy atom. The monoisotopic (exact) mass is 334 g/mol. The van der Waals surface area contributed by atoms with E-state index in [0.29, 0.717) is 5.56 Å². The van der Waals surface area contributed by atoms with E-state index < -0.39 is 11.7 Å². The fourth-order valence-corrected chi connectivity index (χ4v) is 2.20. The minimum Gasteiger partial charge on any atom is -0.352 e. The van der Waals surface area contributed by atoms with Crippen LogP contribution in [0.4, 0.5) is 10.1 Å². The standard InChI is InChI=1S/C17H16ClFN2O2/c1-11-5-2-3-6-12(11)17(23)20-10-9-15(22)21-14-8-4-7-13(18)16(14)19/h2-8H,9-10H2,1H3,(H,20,23)(H,21,22). The van der Waals surface area contributed by atoms with Gasteiger partial charge in [-0.25, -0.2) is 4.39 Å². The number of anilines is 1. The van der Waals surface area contributed by atoms with Gasteiger partial charge in [-0.2, -0.15) is 0 Å². The first kappa shape index (κ1) is 17.0. The molecule has 0 atom stereocenters. The number of nitrogens with one attached hydrogen (secondary N) is 2. The van der Waals surface area contributed by atoms with Crippen LogP contribution < -0.4 is 10.6 Å². The number of halogens is 2. The topological polar surface area (TPSA) is 58.2 Å². The first-order chi connectivity index (χ1) is 11.0. The maximum absolute atomic E-state index is 13.7. The number of rotatable bonds is 5. The van der Waals surface area contributed by atoms with Crippen molar-refractivity contribution in [1.82, 2.24) is 5.32 Å². The SMILES string of the molecule is Cc1ccccc1C(=O)NCCC(=O)Nc1cccc(Cl)c1F. The third-order valence-electron chi connectivity index (χ3n) is 3.25. The van der Waals surface area contributed by atoms with E-state index in [4.69, 9.17) is 11.6 Å². The molecular formula is C17H16ClFN2O2. The van der Waals surface area contributed by atoms with Crippen LogP contribution >= 0.6 is 11.6 Å². The van der Waals surface area contributed by atoms with E-state index in [0.717, 1.165) is 5.56 Å². The fraction of sp³-hybridized carbons (Fsp3) is 0.176. The molecule has 0 radical (unpaired) electrons. The van der Waals surface area contributed by atoms with Crippen LogP contribution in [-0.4, -0.2) is 18.4 Å². The minimum absolute atomic E-state index is 0.0210. The van der Waals surface area contributed by atoms with Gasteiger partial charge in [-0.1, -0.05) is 35.9 Å². The van der Waals surface area contributed by atoms with Gasteiger partial charge in [-0.15, -0.1) is 0 Å². The average molecular weight is 335 g/mol. The average Bonchev–Trinajstić information content (AvgIpc) is 2.52. The van der Waals surface area contributed by atoms with Crippen molar-refractivity contribution < 1.29 is 14.0 Å². The van der Waals surface area contributed by atoms with Crippen molar-refractivity contribution in [2.45, 2.75) is 13.3 Å². The van der Waals surface area contributed by atoms with Crippen LogP contribution in [-0.2, 0) is 4.79 Å². The van der Waals surface area contributed by atoms with E-state index in [9.17, 15) is 14.0 Å². The normalized spacial score (nSPS) is 10.2. The molecular weight excluding hydrogens is 319 g/mol. The molecule has 0 saturated heterocycles. The molecule has 0 fully saturated rings. The summed E-state index contributed by atoms with van der Waals surface area (Å²) < 4.78 is 13.7. The zero-order chi connectivity index (χ0) is 16.8. The molecule has 0 aliphatic rings. The molecule has 0 saturated carbocycles. The Bertz CT molecular complexity index is 734. The van der Waals surface area contributed by atoms with E-state index >= 15 is 0 Å². The van der Waals surface area contributed by atoms with Crippen LogP contribution in [0.25, 0.3) is 0 Å². The van der Waals surface area contributed by atoms with Crippen LogP contribution in [0.5, 0.6) is 0 Å². The van der Waals surface area contributed by atoms with E-state index in [1.54, 1.807) is 18.2 Å². The Kier molecular flexibility index (Phi) is 5.71. The minimum atomic E-state index is -0.675. The van der Waals surface area contributed by atoms with Crippen molar-refractivity contribution in [1.29, 1.82) is 0 Å². The molecule has 23 heavy (non-hydrogen) atoms. The summed E-state index contributed by atoms with van der Waals surface area (Å²) in [6.45, 7) is 1.99. The first-order valence-electron chi connectivity index (χ1n) is 7.06. The molecule has 2 aromatic rings. The summed E-state index contributed by atoms with van der Waals surface area (Å²) >= 11 is 5.64. The predicted molar refractivity (Wildman–Crippen MR) is 88.2 cm³/mol. The van der Waals surface area contributed by atoms with Gasteiger partial charge < -0.3 is 10.6 Å². The Hall–Kier alpha value is -2.40. The van der Waals surface area contributed by atoms with Crippen LogP contribution in [0, 0.1) is 12.7 Å². The van der Waals surface area contributed by atoms with E-state index in [-0.39, 0.29) is 29.6 Å². The van der Waals surface area contributed by atoms with Crippen molar-refractivity contribution in [3.8, 4) is 0 Å². The lowest BCUT2D eigenvalue weighted by Crippen LogP contribution is -2.28. The van der Waals surface area contributed by atoms with Gasteiger partial charge in [0, 0.05) is 18.5 Å². The number of aryl methyl sites for hydroxylation is 1. The van der Waals surface area contributed by atoms with Gasteiger partial charge in [0.1, 0.15) is 0 Å². The van der Waals surface area contributed by atoms with Gasteiger partial charge in [0.25, 0.3) is 5.91 Å². The van der Waals surface area contributed by atoms with Crippen molar-refractivity contribution in [3.05, 3.63) is 64.4 Å². The lowest BCUT2D eigenvalue weighted by Gasteiger charge is -2.09. The van der Waals surface area contributed by atoms with Crippen molar-refractivity contribution in [3.63, 3.8) is 0 Å². The number of carbonyl (C=O) groups excluding carboxylic acids is 2. The molecule has 2 amide bonds. The van der Waals surface area contributed by atoms with Crippen molar-refractivity contribution in [2.24, 2.45) is 0 Å². The Morgan fingerprint density at radius 2 is 1.87 bits per heavy atom. The van der Waals surface area contributed by atoms with Gasteiger partial charge in [0.05, 0.1) is 10.7 Å². The van der Waals surface area contributed by atoms with Crippen molar-refractivity contribution in [2.75, 3.05) is 11.9 Å². The van der Waals surface area contributed by atoms with E-state index in [1.807, 2.05) is 19.1 Å². The second-order valence-corrected chi connectivity index (χ2v) is 5.38. The second kappa shape index (κ2) is 7.74. The second-order valence-electron chi connectivity index (χ2n) is 4.97. The fourth-order valence-electron chi connectivity index (χ4n) is 2.03. The molecule has 2 aromatic carbocycles. The molecule has 0 aliphatic carbocycles. The Morgan fingerprint density at radius 3 is 2.61 bits per heavy atom. The number of hydrogen-bond acceptors (Lipinski definition) is 2. The molecule has 0 aliphatic heterocycles. The highest BCUT2D eigenvalue weighted by Gasteiger charge is 2.11. The van der Waals surface area contributed by atoms with Gasteiger partial charge >= 0.3 is 0 Å². The molecule has 2 N–H and O–H groups in total. The maximum atomic E-state index is 13.7. The molecule has 0 heterocycles. The molecule has 120 valence electrons. The summed E-state index contributed by atoms with van der Waals surface area (Å²) in [5.41, 5.74) is 1.44. The maximum Gasteiger partial charge on any atom is 0.251 e. The Balaban J connectivity index is 1.84. The van der Waals surface area contributed by atoms with Crippen LogP contribution in [0.3, 0.4) is 0 Å². The van der Waals surface area contributed by atoms with E-state index in [2.05, 4.69) is 10.6 Å². The largest absolute Gasteiger partial charge is 0.352 e. The van der Waals surface area contributed by atoms with Gasteiger partial charge in [-0.05, 0) is 30.7 Å². The van der Waals surface area contributed by atoms with E-state index in [1.165, 1.54) is 12.1 Å². The van der Waals surface area contributed by atoms with Gasteiger partial charge in [-0.3, -0.25) is 9.59 Å². The van der Waals surface area contributed by atoms with Crippen molar-refractivity contribution >= 4 is 29.1 Å². The summed E-state index contributed by atoms with van der Waals surface area (Å²) in [5, 5.41) is 5.03. The molecule has 0 spiro atoms. The number of carbonyl (C=O) groups is 2. The lowest BCUT2D eigenvalue weighted by molar-refractivity contribution is -0.116.